The quantitative estimate of drug-likeness (QED) is 0.811. The van der Waals surface area contributed by atoms with Crippen molar-refractivity contribution in [1.29, 1.82) is 0 Å². The molecule has 0 spiro atoms. The number of nitrogens with one attached hydrogen (secondary N) is 2. The molecule has 6 nitrogen and oxygen atoms in total. The van der Waals surface area contributed by atoms with Gasteiger partial charge in [0.1, 0.15) is 5.69 Å². The van der Waals surface area contributed by atoms with E-state index >= 15 is 0 Å². The lowest BCUT2D eigenvalue weighted by molar-refractivity contribution is 0.0948. The molecule has 0 aliphatic rings. The largest absolute Gasteiger partial charge is 0.350 e. The summed E-state index contributed by atoms with van der Waals surface area (Å²) in [5, 5.41) is 11.4. The Balaban J connectivity index is 1.85. The second kappa shape index (κ2) is 5.35. The van der Waals surface area contributed by atoms with E-state index in [1.807, 2.05) is 5.38 Å². The summed E-state index contributed by atoms with van der Waals surface area (Å²) in [6.45, 7) is 0.493. The number of amides is 1. The Hall–Kier alpha value is -2.02. The van der Waals surface area contributed by atoms with Gasteiger partial charge in [0.15, 0.2) is 0 Å². The van der Waals surface area contributed by atoms with E-state index in [0.29, 0.717) is 13.0 Å². The molecule has 88 valence electrons. The lowest BCUT2D eigenvalue weighted by Gasteiger charge is -2.02. The molecule has 2 N–H and O–H groups in total. The second-order valence-electron chi connectivity index (χ2n) is 3.24. The molecule has 0 aliphatic carbocycles. The minimum atomic E-state index is -0.329. The van der Waals surface area contributed by atoms with Gasteiger partial charge in [0.2, 0.25) is 0 Å². The van der Waals surface area contributed by atoms with Gasteiger partial charge in [-0.3, -0.25) is 9.59 Å². The van der Waals surface area contributed by atoms with Gasteiger partial charge in [0.05, 0.1) is 5.01 Å². The van der Waals surface area contributed by atoms with Crippen LogP contribution in [0.2, 0.25) is 0 Å². The summed E-state index contributed by atoms with van der Waals surface area (Å²) in [5.41, 5.74) is -0.131. The molecule has 0 fully saturated rings. The van der Waals surface area contributed by atoms with E-state index in [9.17, 15) is 9.59 Å². The SMILES string of the molecule is O=C(NCCc1nccs1)c1ccc(=O)[nH]n1. The van der Waals surface area contributed by atoms with E-state index in [1.165, 1.54) is 12.1 Å². The van der Waals surface area contributed by atoms with Gasteiger partial charge in [-0.15, -0.1) is 11.3 Å². The summed E-state index contributed by atoms with van der Waals surface area (Å²) < 4.78 is 0. The number of carbonyl (C=O) groups excluding carboxylic acids is 1. The third-order valence-electron chi connectivity index (χ3n) is 2.02. The number of hydrogen-bond acceptors (Lipinski definition) is 5. The van der Waals surface area contributed by atoms with Crippen LogP contribution in [0.1, 0.15) is 15.5 Å². The van der Waals surface area contributed by atoms with E-state index in [1.54, 1.807) is 17.5 Å². The molecule has 0 saturated heterocycles. The van der Waals surface area contributed by atoms with Crippen molar-refractivity contribution in [2.24, 2.45) is 0 Å². The minimum absolute atomic E-state index is 0.198. The zero-order chi connectivity index (χ0) is 12.1. The van der Waals surface area contributed by atoms with E-state index in [2.05, 4.69) is 20.5 Å². The summed E-state index contributed by atoms with van der Waals surface area (Å²) in [5.74, 6) is -0.308. The van der Waals surface area contributed by atoms with Crippen molar-refractivity contribution in [3.63, 3.8) is 0 Å². The highest BCUT2D eigenvalue weighted by Crippen LogP contribution is 2.03. The molecular weight excluding hydrogens is 240 g/mol. The Morgan fingerprint density at radius 2 is 2.35 bits per heavy atom. The first-order valence-corrected chi connectivity index (χ1v) is 5.86. The lowest BCUT2D eigenvalue weighted by Crippen LogP contribution is -2.27. The van der Waals surface area contributed by atoms with Crippen LogP contribution in [-0.2, 0) is 6.42 Å². The lowest BCUT2D eigenvalue weighted by atomic mass is 10.3. The predicted octanol–water partition coefficient (Wildman–Crippen LogP) is 0.199. The zero-order valence-corrected chi connectivity index (χ0v) is 9.66. The highest BCUT2D eigenvalue weighted by Gasteiger charge is 2.06. The number of aromatic nitrogens is 3. The van der Waals surface area contributed by atoms with E-state index in [-0.39, 0.29) is 17.2 Å². The number of thiazole rings is 1. The molecule has 2 aromatic rings. The normalized spacial score (nSPS) is 10.1. The van der Waals surface area contributed by atoms with Crippen molar-refractivity contribution in [2.75, 3.05) is 6.54 Å². The molecule has 2 aromatic heterocycles. The summed E-state index contributed by atoms with van der Waals surface area (Å²) in [6, 6.07) is 2.65. The number of hydrogen-bond donors (Lipinski definition) is 2. The maximum Gasteiger partial charge on any atom is 0.271 e. The van der Waals surface area contributed by atoms with Gasteiger partial charge in [-0.1, -0.05) is 0 Å². The van der Waals surface area contributed by atoms with E-state index in [4.69, 9.17) is 0 Å². The maximum atomic E-state index is 11.6. The van der Waals surface area contributed by atoms with Crippen LogP contribution in [0.5, 0.6) is 0 Å². The number of rotatable bonds is 4. The molecule has 2 rings (SSSR count). The average Bonchev–Trinajstić information content (AvgIpc) is 2.83. The third-order valence-corrected chi connectivity index (χ3v) is 2.86. The van der Waals surface area contributed by atoms with Crippen LogP contribution in [0.25, 0.3) is 0 Å². The fourth-order valence-electron chi connectivity index (χ4n) is 1.22. The molecule has 17 heavy (non-hydrogen) atoms. The van der Waals surface area contributed by atoms with E-state index in [0.717, 1.165) is 5.01 Å². The van der Waals surface area contributed by atoms with Gasteiger partial charge in [-0.25, -0.2) is 10.1 Å². The molecule has 0 bridgehead atoms. The Labute approximate surface area is 101 Å². The first-order valence-electron chi connectivity index (χ1n) is 4.98. The zero-order valence-electron chi connectivity index (χ0n) is 8.84. The molecule has 0 atom stereocenters. The fourth-order valence-corrected chi connectivity index (χ4v) is 1.84. The highest BCUT2D eigenvalue weighted by molar-refractivity contribution is 7.09. The summed E-state index contributed by atoms with van der Waals surface area (Å²) in [6.07, 6.45) is 2.41. The molecule has 2 heterocycles. The van der Waals surface area contributed by atoms with Crippen LogP contribution in [0, 0.1) is 0 Å². The molecule has 0 radical (unpaired) electrons. The van der Waals surface area contributed by atoms with Gasteiger partial charge >= 0.3 is 0 Å². The number of aromatic amines is 1. The highest BCUT2D eigenvalue weighted by atomic mass is 32.1. The average molecular weight is 250 g/mol. The second-order valence-corrected chi connectivity index (χ2v) is 4.22. The molecule has 0 aromatic carbocycles. The van der Waals surface area contributed by atoms with Gasteiger partial charge in [0, 0.05) is 30.6 Å². The number of carbonyl (C=O) groups is 1. The van der Waals surface area contributed by atoms with Crippen LogP contribution >= 0.6 is 11.3 Å². The fraction of sp³-hybridized carbons (Fsp3) is 0.200. The third kappa shape index (κ3) is 3.22. The molecule has 0 unspecified atom stereocenters. The van der Waals surface area contributed by atoms with Gasteiger partial charge in [0.25, 0.3) is 11.5 Å². The van der Waals surface area contributed by atoms with Crippen LogP contribution in [0.4, 0.5) is 0 Å². The topological polar surface area (TPSA) is 87.7 Å². The minimum Gasteiger partial charge on any atom is -0.350 e. The van der Waals surface area contributed by atoms with Crippen molar-refractivity contribution in [3.8, 4) is 0 Å². The van der Waals surface area contributed by atoms with Crippen LogP contribution < -0.4 is 10.9 Å². The molecular formula is C10H10N4O2S. The van der Waals surface area contributed by atoms with Crippen LogP contribution in [0.15, 0.2) is 28.5 Å². The predicted molar refractivity (Wildman–Crippen MR) is 63.0 cm³/mol. The van der Waals surface area contributed by atoms with Crippen molar-refractivity contribution >= 4 is 17.2 Å². The van der Waals surface area contributed by atoms with Crippen molar-refractivity contribution < 1.29 is 4.79 Å². The van der Waals surface area contributed by atoms with Crippen LogP contribution in [0.3, 0.4) is 0 Å². The Kier molecular flexibility index (Phi) is 3.61. The smallest absolute Gasteiger partial charge is 0.271 e. The monoisotopic (exact) mass is 250 g/mol. The Morgan fingerprint density at radius 3 is 3.00 bits per heavy atom. The van der Waals surface area contributed by atoms with Crippen molar-refractivity contribution in [1.82, 2.24) is 20.5 Å². The summed E-state index contributed by atoms with van der Waals surface area (Å²) >= 11 is 1.55. The summed E-state index contributed by atoms with van der Waals surface area (Å²) in [7, 11) is 0. The molecule has 0 saturated carbocycles. The Bertz CT molecular complexity index is 529. The van der Waals surface area contributed by atoms with E-state index < -0.39 is 0 Å². The standard InChI is InChI=1S/C10H10N4O2S/c15-8-2-1-7(13-14-8)10(16)12-4-3-9-11-5-6-17-9/h1-2,5-6H,3-4H2,(H,12,16)(H,14,15). The number of H-pyrrole nitrogens is 1. The van der Waals surface area contributed by atoms with Crippen LogP contribution in [-0.4, -0.2) is 27.6 Å². The first-order chi connectivity index (χ1) is 8.25. The first kappa shape index (κ1) is 11.5. The molecule has 1 amide bonds. The summed E-state index contributed by atoms with van der Waals surface area (Å²) in [4.78, 5) is 26.4. The molecule has 7 heteroatoms. The maximum absolute atomic E-state index is 11.6. The van der Waals surface area contributed by atoms with Crippen molar-refractivity contribution in [3.05, 3.63) is 44.8 Å². The Morgan fingerprint density at radius 1 is 1.47 bits per heavy atom. The van der Waals surface area contributed by atoms with Gasteiger partial charge in [-0.05, 0) is 6.07 Å². The van der Waals surface area contributed by atoms with Gasteiger partial charge < -0.3 is 5.32 Å². The molecule has 0 aliphatic heterocycles. The number of nitrogens with zero attached hydrogens (tertiary/aromatic N) is 2. The van der Waals surface area contributed by atoms with Gasteiger partial charge in [-0.2, -0.15) is 5.10 Å². The van der Waals surface area contributed by atoms with Crippen molar-refractivity contribution in [2.45, 2.75) is 6.42 Å².